The average molecular weight is 298 g/mol. The summed E-state index contributed by atoms with van der Waals surface area (Å²) in [4.78, 5) is 15.0. The standard InChI is InChI=1S/C11H11Cl2F2NO2/c1-2-18-8(17)3-6-5-16-10(13)9(11(14)15)7(6)4-12/h5,11H,2-4H2,1H3. The minimum absolute atomic E-state index is 0.139. The van der Waals surface area contributed by atoms with Crippen molar-refractivity contribution >= 4 is 29.2 Å². The molecule has 0 aliphatic carbocycles. The predicted molar refractivity (Wildman–Crippen MR) is 64.1 cm³/mol. The largest absolute Gasteiger partial charge is 0.466 e. The molecule has 0 radical (unpaired) electrons. The van der Waals surface area contributed by atoms with Gasteiger partial charge in [-0.1, -0.05) is 11.6 Å². The molecule has 0 aromatic carbocycles. The first-order valence-electron chi connectivity index (χ1n) is 5.17. The lowest BCUT2D eigenvalue weighted by molar-refractivity contribution is -0.142. The highest BCUT2D eigenvalue weighted by atomic mass is 35.5. The van der Waals surface area contributed by atoms with Crippen LogP contribution in [0.2, 0.25) is 5.15 Å². The molecule has 0 atom stereocenters. The monoisotopic (exact) mass is 297 g/mol. The van der Waals surface area contributed by atoms with Gasteiger partial charge in [-0.3, -0.25) is 4.79 Å². The number of hydrogen-bond donors (Lipinski definition) is 0. The van der Waals surface area contributed by atoms with Crippen LogP contribution >= 0.6 is 23.2 Å². The number of alkyl halides is 3. The van der Waals surface area contributed by atoms with E-state index >= 15 is 0 Å². The fraction of sp³-hybridized carbons (Fsp3) is 0.455. The number of ether oxygens (including phenoxy) is 1. The molecular formula is C11H11Cl2F2NO2. The van der Waals surface area contributed by atoms with Crippen LogP contribution in [0.15, 0.2) is 6.20 Å². The summed E-state index contributed by atoms with van der Waals surface area (Å²) in [7, 11) is 0. The molecule has 0 bridgehead atoms. The van der Waals surface area contributed by atoms with E-state index in [9.17, 15) is 13.6 Å². The molecule has 18 heavy (non-hydrogen) atoms. The lowest BCUT2D eigenvalue weighted by Crippen LogP contribution is -2.11. The molecule has 0 unspecified atom stereocenters. The third-order valence-electron chi connectivity index (χ3n) is 2.26. The molecule has 3 nitrogen and oxygen atoms in total. The number of halogens is 4. The van der Waals surface area contributed by atoms with Crippen LogP contribution in [0.25, 0.3) is 0 Å². The first-order chi connectivity index (χ1) is 8.51. The third kappa shape index (κ3) is 3.53. The zero-order chi connectivity index (χ0) is 13.7. The first-order valence-corrected chi connectivity index (χ1v) is 6.08. The summed E-state index contributed by atoms with van der Waals surface area (Å²) < 4.78 is 30.4. The molecule has 0 aliphatic rings. The van der Waals surface area contributed by atoms with Gasteiger partial charge in [0.15, 0.2) is 0 Å². The molecule has 0 saturated heterocycles. The second-order valence-corrected chi connectivity index (χ2v) is 4.01. The highest BCUT2D eigenvalue weighted by molar-refractivity contribution is 6.30. The van der Waals surface area contributed by atoms with Gasteiger partial charge < -0.3 is 4.74 Å². The summed E-state index contributed by atoms with van der Waals surface area (Å²) in [5, 5.41) is -0.298. The quantitative estimate of drug-likeness (QED) is 0.474. The summed E-state index contributed by atoms with van der Waals surface area (Å²) in [6.07, 6.45) is -1.68. The van der Waals surface area contributed by atoms with Gasteiger partial charge in [-0.15, -0.1) is 11.6 Å². The zero-order valence-electron chi connectivity index (χ0n) is 9.55. The van der Waals surface area contributed by atoms with E-state index in [2.05, 4.69) is 4.98 Å². The maximum atomic E-state index is 12.8. The smallest absolute Gasteiger partial charge is 0.310 e. The molecule has 0 N–H and O–H groups in total. The average Bonchev–Trinajstić information content (AvgIpc) is 2.30. The lowest BCUT2D eigenvalue weighted by atomic mass is 10.0. The van der Waals surface area contributed by atoms with Gasteiger partial charge >= 0.3 is 5.97 Å². The van der Waals surface area contributed by atoms with E-state index in [4.69, 9.17) is 27.9 Å². The van der Waals surface area contributed by atoms with Gasteiger partial charge in [0.2, 0.25) is 0 Å². The molecule has 1 aromatic heterocycles. The number of hydrogen-bond acceptors (Lipinski definition) is 3. The lowest BCUT2D eigenvalue weighted by Gasteiger charge is -2.12. The van der Waals surface area contributed by atoms with Crippen LogP contribution in [0.5, 0.6) is 0 Å². The second-order valence-electron chi connectivity index (χ2n) is 3.38. The molecule has 0 amide bonds. The summed E-state index contributed by atoms with van der Waals surface area (Å²) in [6, 6.07) is 0. The van der Waals surface area contributed by atoms with Gasteiger partial charge in [0.1, 0.15) is 5.15 Å². The number of carbonyl (C=O) groups is 1. The van der Waals surface area contributed by atoms with Crippen LogP contribution in [0.4, 0.5) is 8.78 Å². The number of carbonyl (C=O) groups excluding carboxylic acids is 1. The highest BCUT2D eigenvalue weighted by Gasteiger charge is 2.22. The molecular weight excluding hydrogens is 287 g/mol. The maximum Gasteiger partial charge on any atom is 0.310 e. The second kappa shape index (κ2) is 6.85. The molecule has 0 saturated carbocycles. The van der Waals surface area contributed by atoms with Crippen LogP contribution in [-0.2, 0) is 21.8 Å². The van der Waals surface area contributed by atoms with Crippen molar-refractivity contribution in [1.82, 2.24) is 4.98 Å². The predicted octanol–water partition coefficient (Wildman–Crippen LogP) is 3.52. The number of esters is 1. The van der Waals surface area contributed by atoms with E-state index in [1.54, 1.807) is 6.92 Å². The van der Waals surface area contributed by atoms with Crippen LogP contribution in [0.1, 0.15) is 30.0 Å². The molecule has 100 valence electrons. The van der Waals surface area contributed by atoms with Crippen LogP contribution in [0.3, 0.4) is 0 Å². The molecule has 1 heterocycles. The van der Waals surface area contributed by atoms with Gasteiger partial charge in [-0.25, -0.2) is 13.8 Å². The van der Waals surface area contributed by atoms with Crippen molar-refractivity contribution in [2.24, 2.45) is 0 Å². The van der Waals surface area contributed by atoms with E-state index in [-0.39, 0.29) is 29.6 Å². The number of nitrogens with zero attached hydrogens (tertiary/aromatic N) is 1. The minimum atomic E-state index is -2.79. The Bertz CT molecular complexity index is 441. The first kappa shape index (κ1) is 15.1. The number of rotatable bonds is 5. The van der Waals surface area contributed by atoms with Gasteiger partial charge in [0.05, 0.1) is 18.6 Å². The topological polar surface area (TPSA) is 39.2 Å². The van der Waals surface area contributed by atoms with E-state index < -0.39 is 18.0 Å². The van der Waals surface area contributed by atoms with Crippen molar-refractivity contribution in [3.8, 4) is 0 Å². The van der Waals surface area contributed by atoms with Crippen LogP contribution < -0.4 is 0 Å². The van der Waals surface area contributed by atoms with Crippen LogP contribution in [0, 0.1) is 0 Å². The van der Waals surface area contributed by atoms with Crippen molar-refractivity contribution in [3.63, 3.8) is 0 Å². The molecule has 7 heteroatoms. The molecule has 0 aliphatic heterocycles. The Balaban J connectivity index is 3.13. The molecule has 0 spiro atoms. The third-order valence-corrected chi connectivity index (χ3v) is 2.83. The summed E-state index contributed by atoms with van der Waals surface area (Å²) in [5.74, 6) is -0.690. The van der Waals surface area contributed by atoms with E-state index in [1.165, 1.54) is 6.20 Å². The minimum Gasteiger partial charge on any atom is -0.466 e. The Morgan fingerprint density at radius 3 is 2.72 bits per heavy atom. The Morgan fingerprint density at radius 2 is 2.22 bits per heavy atom. The van der Waals surface area contributed by atoms with E-state index in [1.807, 2.05) is 0 Å². The summed E-state index contributed by atoms with van der Waals surface area (Å²) >= 11 is 11.2. The van der Waals surface area contributed by atoms with Crippen molar-refractivity contribution in [2.75, 3.05) is 6.61 Å². The van der Waals surface area contributed by atoms with Crippen molar-refractivity contribution in [2.45, 2.75) is 25.7 Å². The van der Waals surface area contributed by atoms with Crippen LogP contribution in [-0.4, -0.2) is 17.6 Å². The number of aromatic nitrogens is 1. The van der Waals surface area contributed by atoms with Gasteiger partial charge in [0, 0.05) is 12.1 Å². The fourth-order valence-corrected chi connectivity index (χ4v) is 2.04. The SMILES string of the molecule is CCOC(=O)Cc1cnc(Cl)c(C(F)F)c1CCl. The van der Waals surface area contributed by atoms with E-state index in [0.717, 1.165) is 0 Å². The van der Waals surface area contributed by atoms with E-state index in [0.29, 0.717) is 5.56 Å². The zero-order valence-corrected chi connectivity index (χ0v) is 11.1. The Labute approximate surface area is 113 Å². The van der Waals surface area contributed by atoms with Gasteiger partial charge in [-0.2, -0.15) is 0 Å². The summed E-state index contributed by atoms with van der Waals surface area (Å²) in [5.41, 5.74) is 0.0244. The molecule has 0 fully saturated rings. The maximum absolute atomic E-state index is 12.8. The fourth-order valence-electron chi connectivity index (χ4n) is 1.48. The van der Waals surface area contributed by atoms with Crippen molar-refractivity contribution in [1.29, 1.82) is 0 Å². The van der Waals surface area contributed by atoms with Gasteiger partial charge in [-0.05, 0) is 18.1 Å². The van der Waals surface area contributed by atoms with Crippen molar-refractivity contribution in [3.05, 3.63) is 28.0 Å². The molecule has 1 aromatic rings. The Hall–Kier alpha value is -0.940. The Morgan fingerprint density at radius 1 is 1.56 bits per heavy atom. The normalized spacial score (nSPS) is 10.8. The number of pyridine rings is 1. The summed E-state index contributed by atoms with van der Waals surface area (Å²) in [6.45, 7) is 1.88. The Kier molecular flexibility index (Phi) is 5.75. The van der Waals surface area contributed by atoms with Crippen molar-refractivity contribution < 1.29 is 18.3 Å². The highest BCUT2D eigenvalue weighted by Crippen LogP contribution is 2.32. The molecule has 1 rings (SSSR count). The van der Waals surface area contributed by atoms with Gasteiger partial charge in [0.25, 0.3) is 6.43 Å².